The normalized spacial score (nSPS) is 18.9. The molecule has 1 aliphatic heterocycles. The van der Waals surface area contributed by atoms with Crippen molar-refractivity contribution in [3.8, 4) is 0 Å². The molecule has 5 heteroatoms. The first kappa shape index (κ1) is 15.0. The summed E-state index contributed by atoms with van der Waals surface area (Å²) in [5.41, 5.74) is 1.16. The largest absolute Gasteiger partial charge is 0.355 e. The molecule has 112 valence electrons. The molecule has 1 atom stereocenters. The molecule has 1 aliphatic rings. The third kappa shape index (κ3) is 3.20. The van der Waals surface area contributed by atoms with E-state index in [9.17, 15) is 0 Å². The maximum absolute atomic E-state index is 4.67. The Kier molecular flexibility index (Phi) is 5.17. The van der Waals surface area contributed by atoms with Crippen LogP contribution in [-0.2, 0) is 0 Å². The number of aromatic nitrogens is 2. The number of nitrogens with zero attached hydrogens (tertiary/aromatic N) is 4. The van der Waals surface area contributed by atoms with E-state index in [4.69, 9.17) is 0 Å². The second-order valence-electron chi connectivity index (χ2n) is 5.34. The maximum Gasteiger partial charge on any atom is 0.224 e. The zero-order valence-corrected chi connectivity index (χ0v) is 13.2. The van der Waals surface area contributed by atoms with Crippen LogP contribution < -0.4 is 10.2 Å². The van der Waals surface area contributed by atoms with Gasteiger partial charge in [-0.1, -0.05) is 13.8 Å². The standard InChI is InChI=1S/C15H27N5/c1-5-16-15-17-10-12(4)14(18-15)20-9-8-13(11-20)19(6-2)7-3/h10,13H,5-9,11H2,1-4H3,(H,16,17,18). The van der Waals surface area contributed by atoms with E-state index in [-0.39, 0.29) is 0 Å². The number of aryl methyl sites for hydroxylation is 1. The van der Waals surface area contributed by atoms with E-state index in [1.54, 1.807) is 0 Å². The molecule has 0 amide bonds. The summed E-state index contributed by atoms with van der Waals surface area (Å²) < 4.78 is 0. The Balaban J connectivity index is 2.11. The molecule has 1 aromatic heterocycles. The molecule has 2 heterocycles. The van der Waals surface area contributed by atoms with Crippen molar-refractivity contribution in [3.05, 3.63) is 11.8 Å². The second-order valence-corrected chi connectivity index (χ2v) is 5.34. The van der Waals surface area contributed by atoms with Gasteiger partial charge in [0.05, 0.1) is 0 Å². The van der Waals surface area contributed by atoms with Crippen LogP contribution in [0.1, 0.15) is 32.8 Å². The highest BCUT2D eigenvalue weighted by atomic mass is 15.3. The SMILES string of the molecule is CCNc1ncc(C)c(N2CCC(N(CC)CC)C2)n1. The summed E-state index contributed by atoms with van der Waals surface area (Å²) in [4.78, 5) is 13.9. The molecule has 0 saturated carbocycles. The van der Waals surface area contributed by atoms with Gasteiger partial charge in [-0.3, -0.25) is 4.90 Å². The lowest BCUT2D eigenvalue weighted by molar-refractivity contribution is 0.232. The monoisotopic (exact) mass is 277 g/mol. The van der Waals surface area contributed by atoms with Crippen molar-refractivity contribution in [1.29, 1.82) is 0 Å². The predicted molar refractivity (Wildman–Crippen MR) is 84.5 cm³/mol. The third-order valence-corrected chi connectivity index (χ3v) is 4.07. The summed E-state index contributed by atoms with van der Waals surface area (Å²) >= 11 is 0. The third-order valence-electron chi connectivity index (χ3n) is 4.07. The molecule has 0 aromatic carbocycles. The number of hydrogen-bond donors (Lipinski definition) is 1. The van der Waals surface area contributed by atoms with Crippen LogP contribution in [0.3, 0.4) is 0 Å². The minimum absolute atomic E-state index is 0.655. The Morgan fingerprint density at radius 3 is 2.75 bits per heavy atom. The fraction of sp³-hybridized carbons (Fsp3) is 0.733. The minimum atomic E-state index is 0.655. The maximum atomic E-state index is 4.67. The van der Waals surface area contributed by atoms with E-state index in [1.165, 1.54) is 6.42 Å². The van der Waals surface area contributed by atoms with Gasteiger partial charge in [-0.2, -0.15) is 4.98 Å². The Bertz CT molecular complexity index is 430. The first-order chi connectivity index (χ1) is 9.69. The number of anilines is 2. The Labute approximate surface area is 122 Å². The molecule has 2 rings (SSSR count). The number of nitrogens with one attached hydrogen (secondary N) is 1. The van der Waals surface area contributed by atoms with Crippen LogP contribution in [0.5, 0.6) is 0 Å². The molecule has 1 fully saturated rings. The van der Waals surface area contributed by atoms with Gasteiger partial charge in [-0.15, -0.1) is 0 Å². The van der Waals surface area contributed by atoms with Crippen molar-refractivity contribution in [2.75, 3.05) is 42.9 Å². The molecule has 0 bridgehead atoms. The predicted octanol–water partition coefficient (Wildman–Crippen LogP) is 2.14. The number of likely N-dealkylation sites (N-methyl/N-ethyl adjacent to an activating group) is 1. The summed E-state index contributed by atoms with van der Waals surface area (Å²) in [5.74, 6) is 1.82. The van der Waals surface area contributed by atoms with E-state index in [2.05, 4.69) is 52.8 Å². The summed E-state index contributed by atoms with van der Waals surface area (Å²) in [6.45, 7) is 13.9. The minimum Gasteiger partial charge on any atom is -0.355 e. The van der Waals surface area contributed by atoms with Crippen molar-refractivity contribution in [2.24, 2.45) is 0 Å². The summed E-state index contributed by atoms with van der Waals surface area (Å²) in [7, 11) is 0. The quantitative estimate of drug-likeness (QED) is 0.863. The van der Waals surface area contributed by atoms with Crippen molar-refractivity contribution in [3.63, 3.8) is 0 Å². The van der Waals surface area contributed by atoms with Crippen LogP contribution >= 0.6 is 0 Å². The molecule has 20 heavy (non-hydrogen) atoms. The lowest BCUT2D eigenvalue weighted by atomic mass is 10.2. The van der Waals surface area contributed by atoms with Gasteiger partial charge in [0.15, 0.2) is 0 Å². The summed E-state index contributed by atoms with van der Waals surface area (Å²) in [6.07, 6.45) is 3.15. The van der Waals surface area contributed by atoms with Gasteiger partial charge < -0.3 is 10.2 Å². The number of rotatable bonds is 6. The highest BCUT2D eigenvalue weighted by Crippen LogP contribution is 2.24. The van der Waals surface area contributed by atoms with Crippen molar-refractivity contribution >= 4 is 11.8 Å². The molecule has 1 unspecified atom stereocenters. The lowest BCUT2D eigenvalue weighted by Crippen LogP contribution is -2.37. The van der Waals surface area contributed by atoms with Gasteiger partial charge in [0, 0.05) is 37.4 Å². The van der Waals surface area contributed by atoms with Gasteiger partial charge in [-0.05, 0) is 33.4 Å². The van der Waals surface area contributed by atoms with Crippen LogP contribution in [-0.4, -0.2) is 53.6 Å². The highest BCUT2D eigenvalue weighted by molar-refractivity contribution is 5.50. The zero-order chi connectivity index (χ0) is 14.5. The molecule has 0 aliphatic carbocycles. The molecule has 0 spiro atoms. The van der Waals surface area contributed by atoms with Gasteiger partial charge >= 0.3 is 0 Å². The van der Waals surface area contributed by atoms with E-state index in [0.717, 1.165) is 50.1 Å². The molecule has 5 nitrogen and oxygen atoms in total. The second kappa shape index (κ2) is 6.88. The topological polar surface area (TPSA) is 44.3 Å². The molecular weight excluding hydrogens is 250 g/mol. The van der Waals surface area contributed by atoms with E-state index >= 15 is 0 Å². The summed E-state index contributed by atoms with van der Waals surface area (Å²) in [6, 6.07) is 0.655. The van der Waals surface area contributed by atoms with E-state index < -0.39 is 0 Å². The number of hydrogen-bond acceptors (Lipinski definition) is 5. The van der Waals surface area contributed by atoms with Crippen LogP contribution in [0.15, 0.2) is 6.20 Å². The lowest BCUT2D eigenvalue weighted by Gasteiger charge is -2.26. The first-order valence-electron chi connectivity index (χ1n) is 7.76. The van der Waals surface area contributed by atoms with Gasteiger partial charge in [0.1, 0.15) is 5.82 Å². The van der Waals surface area contributed by atoms with Crippen molar-refractivity contribution in [2.45, 2.75) is 40.2 Å². The molecular formula is C15H27N5. The van der Waals surface area contributed by atoms with Crippen LogP contribution in [0.2, 0.25) is 0 Å². The Morgan fingerprint density at radius 1 is 1.35 bits per heavy atom. The van der Waals surface area contributed by atoms with Crippen LogP contribution in [0, 0.1) is 6.92 Å². The van der Waals surface area contributed by atoms with Crippen molar-refractivity contribution < 1.29 is 0 Å². The average molecular weight is 277 g/mol. The average Bonchev–Trinajstić information content (AvgIpc) is 2.92. The van der Waals surface area contributed by atoms with Gasteiger partial charge in [-0.25, -0.2) is 4.98 Å². The van der Waals surface area contributed by atoms with Crippen LogP contribution in [0.25, 0.3) is 0 Å². The van der Waals surface area contributed by atoms with E-state index in [1.807, 2.05) is 6.20 Å². The molecule has 1 N–H and O–H groups in total. The molecule has 1 saturated heterocycles. The summed E-state index contributed by atoms with van der Waals surface area (Å²) in [5, 5.41) is 3.20. The Morgan fingerprint density at radius 2 is 2.10 bits per heavy atom. The smallest absolute Gasteiger partial charge is 0.224 e. The van der Waals surface area contributed by atoms with Gasteiger partial charge in [0.25, 0.3) is 0 Å². The Hall–Kier alpha value is -1.36. The highest BCUT2D eigenvalue weighted by Gasteiger charge is 2.27. The van der Waals surface area contributed by atoms with Gasteiger partial charge in [0.2, 0.25) is 5.95 Å². The fourth-order valence-electron chi connectivity index (χ4n) is 2.97. The van der Waals surface area contributed by atoms with E-state index in [0.29, 0.717) is 6.04 Å². The molecule has 1 aromatic rings. The fourth-order valence-corrected chi connectivity index (χ4v) is 2.97. The van der Waals surface area contributed by atoms with Crippen LogP contribution in [0.4, 0.5) is 11.8 Å². The van der Waals surface area contributed by atoms with Crippen molar-refractivity contribution in [1.82, 2.24) is 14.9 Å². The zero-order valence-electron chi connectivity index (χ0n) is 13.2. The first-order valence-corrected chi connectivity index (χ1v) is 7.76. The molecule has 0 radical (unpaired) electrons.